The van der Waals surface area contributed by atoms with Crippen molar-refractivity contribution >= 4 is 62.8 Å². The molecule has 0 saturated carbocycles. The van der Waals surface area contributed by atoms with E-state index in [0.29, 0.717) is 17.2 Å². The standard InChI is InChI=1S/C43H27N5S/c44-36-22-21-35-40(42(36)48-49)34-11-5-6-12-37(34)45-41(35)29-17-15-28(16-18-29)38-25-39(32-19-13-26-7-1-3-9-30(26)23-32)47-43(46-38)33-20-14-27-8-2-4-10-31(27)24-33/h1-25,44,49H. The molecule has 0 aliphatic heterocycles. The number of thiol groups is 1. The van der Waals surface area contributed by atoms with E-state index < -0.39 is 0 Å². The predicted molar refractivity (Wildman–Crippen MR) is 206 cm³/mol. The normalized spacial score (nSPS) is 13.4. The van der Waals surface area contributed by atoms with Crippen LogP contribution in [0.3, 0.4) is 0 Å². The number of aromatic nitrogens is 3. The van der Waals surface area contributed by atoms with E-state index in [1.165, 1.54) is 16.2 Å². The molecule has 6 aromatic carbocycles. The van der Waals surface area contributed by atoms with Gasteiger partial charge in [-0.3, -0.25) is 5.41 Å². The summed E-state index contributed by atoms with van der Waals surface area (Å²) in [6.45, 7) is 0. The molecule has 2 heterocycles. The highest BCUT2D eigenvalue weighted by Crippen LogP contribution is 2.36. The Bertz CT molecular complexity index is 2590. The Morgan fingerprint density at radius 1 is 0.510 bits per heavy atom. The van der Waals surface area contributed by atoms with Gasteiger partial charge in [0.05, 0.1) is 28.3 Å². The number of benzene rings is 6. The monoisotopic (exact) mass is 645 g/mol. The topological polar surface area (TPSA) is 74.9 Å². The van der Waals surface area contributed by atoms with Crippen LogP contribution in [0.5, 0.6) is 0 Å². The smallest absolute Gasteiger partial charge is 0.160 e. The zero-order valence-electron chi connectivity index (χ0n) is 26.2. The molecule has 8 aromatic rings. The molecule has 5 nitrogen and oxygen atoms in total. The summed E-state index contributed by atoms with van der Waals surface area (Å²) in [6.07, 6.45) is 3.72. The number of rotatable bonds is 4. The van der Waals surface area contributed by atoms with Gasteiger partial charge in [-0.15, -0.1) is 0 Å². The lowest BCUT2D eigenvalue weighted by molar-refractivity contribution is 1.18. The third-order valence-corrected chi connectivity index (χ3v) is 9.37. The van der Waals surface area contributed by atoms with Crippen molar-refractivity contribution in [3.8, 4) is 45.2 Å². The Morgan fingerprint density at radius 2 is 1.08 bits per heavy atom. The first-order chi connectivity index (χ1) is 24.1. The third-order valence-electron chi connectivity index (χ3n) is 9.17. The average molecular weight is 646 g/mol. The van der Waals surface area contributed by atoms with Gasteiger partial charge in [-0.05, 0) is 70.8 Å². The Labute approximate surface area is 288 Å². The van der Waals surface area contributed by atoms with Crippen molar-refractivity contribution in [2.75, 3.05) is 0 Å². The molecule has 0 atom stereocenters. The molecule has 9 rings (SSSR count). The van der Waals surface area contributed by atoms with Gasteiger partial charge in [-0.25, -0.2) is 19.3 Å². The second-order valence-corrected chi connectivity index (χ2v) is 12.3. The second-order valence-electron chi connectivity index (χ2n) is 12.1. The summed E-state index contributed by atoms with van der Waals surface area (Å²) in [5.41, 5.74) is 9.96. The highest BCUT2D eigenvalue weighted by atomic mass is 32.1. The van der Waals surface area contributed by atoms with E-state index in [1.54, 1.807) is 6.08 Å². The van der Waals surface area contributed by atoms with Gasteiger partial charge in [0, 0.05) is 38.8 Å². The molecule has 0 bridgehead atoms. The van der Waals surface area contributed by atoms with E-state index >= 15 is 0 Å². The lowest BCUT2D eigenvalue weighted by Crippen LogP contribution is -2.18. The third kappa shape index (κ3) is 5.10. The largest absolute Gasteiger partial charge is 0.299 e. The van der Waals surface area contributed by atoms with Crippen molar-refractivity contribution in [1.29, 1.82) is 5.41 Å². The van der Waals surface area contributed by atoms with E-state index in [1.807, 2.05) is 30.3 Å². The van der Waals surface area contributed by atoms with Gasteiger partial charge in [0.15, 0.2) is 5.82 Å². The van der Waals surface area contributed by atoms with Crippen LogP contribution in [-0.4, -0.2) is 26.4 Å². The molecule has 1 aliphatic carbocycles. The molecule has 1 aliphatic rings. The molecule has 2 aromatic heterocycles. The average Bonchev–Trinajstić information content (AvgIpc) is 3.17. The van der Waals surface area contributed by atoms with Gasteiger partial charge in [-0.2, -0.15) is 0 Å². The molecule has 0 fully saturated rings. The summed E-state index contributed by atoms with van der Waals surface area (Å²) < 4.78 is 4.20. The molecule has 49 heavy (non-hydrogen) atoms. The van der Waals surface area contributed by atoms with E-state index in [9.17, 15) is 0 Å². The van der Waals surface area contributed by atoms with Gasteiger partial charge >= 0.3 is 0 Å². The number of allylic oxidation sites excluding steroid dienone is 1. The number of nitrogens with zero attached hydrogens (tertiary/aromatic N) is 4. The number of hydrogen-bond acceptors (Lipinski definition) is 6. The zero-order valence-corrected chi connectivity index (χ0v) is 27.1. The lowest BCUT2D eigenvalue weighted by Gasteiger charge is -2.19. The van der Waals surface area contributed by atoms with Crippen LogP contribution in [0.25, 0.3) is 83.7 Å². The number of para-hydroxylation sites is 1. The van der Waals surface area contributed by atoms with Crippen molar-refractivity contribution in [3.63, 3.8) is 0 Å². The minimum Gasteiger partial charge on any atom is -0.299 e. The van der Waals surface area contributed by atoms with E-state index in [2.05, 4.69) is 132 Å². The quantitative estimate of drug-likeness (QED) is 0.187. The van der Waals surface area contributed by atoms with Crippen LogP contribution in [0, 0.1) is 5.41 Å². The van der Waals surface area contributed by atoms with Crippen LogP contribution in [0.2, 0.25) is 0 Å². The van der Waals surface area contributed by atoms with Gasteiger partial charge in [0.2, 0.25) is 0 Å². The molecular weight excluding hydrogens is 619 g/mol. The summed E-state index contributed by atoms with van der Waals surface area (Å²) in [4.78, 5) is 15.3. The fraction of sp³-hybridized carbons (Fsp3) is 0. The molecule has 0 spiro atoms. The summed E-state index contributed by atoms with van der Waals surface area (Å²) in [5, 5.41) is 14.1. The van der Waals surface area contributed by atoms with Crippen LogP contribution in [-0.2, 0) is 0 Å². The summed E-state index contributed by atoms with van der Waals surface area (Å²) in [7, 11) is 0. The first-order valence-corrected chi connectivity index (χ1v) is 16.4. The highest BCUT2D eigenvalue weighted by molar-refractivity contribution is 7.79. The van der Waals surface area contributed by atoms with Crippen LogP contribution >= 0.6 is 12.8 Å². The number of nitrogens with one attached hydrogen (secondary N) is 1. The first-order valence-electron chi connectivity index (χ1n) is 16.0. The van der Waals surface area contributed by atoms with Crippen molar-refractivity contribution in [3.05, 3.63) is 157 Å². The maximum atomic E-state index is 8.49. The van der Waals surface area contributed by atoms with E-state index in [0.717, 1.165) is 66.8 Å². The Hall–Kier alpha value is -6.24. The van der Waals surface area contributed by atoms with E-state index in [4.69, 9.17) is 20.4 Å². The zero-order chi connectivity index (χ0) is 32.9. The summed E-state index contributed by atoms with van der Waals surface area (Å²) in [6, 6.07) is 48.0. The number of pyridine rings is 1. The molecule has 230 valence electrons. The molecule has 0 radical (unpaired) electrons. The van der Waals surface area contributed by atoms with Crippen molar-refractivity contribution in [2.45, 2.75) is 0 Å². The Morgan fingerprint density at radius 3 is 1.80 bits per heavy atom. The molecular formula is C43H27N5S. The molecule has 0 saturated heterocycles. The maximum absolute atomic E-state index is 8.49. The fourth-order valence-electron chi connectivity index (χ4n) is 6.70. The molecule has 1 N–H and O–H groups in total. The van der Waals surface area contributed by atoms with Gasteiger partial charge < -0.3 is 0 Å². The van der Waals surface area contributed by atoms with Crippen LogP contribution < -0.4 is 0 Å². The van der Waals surface area contributed by atoms with Crippen molar-refractivity contribution < 1.29 is 0 Å². The SMILES string of the molecule is N=C1C=Cc2c(-c3ccc(-c4cc(-c5ccc6ccccc6c5)nc(-c5ccc6ccccc6c5)n4)cc3)nc3ccccc3c2C1=NS. The summed E-state index contributed by atoms with van der Waals surface area (Å²) >= 11 is 4.23. The highest BCUT2D eigenvalue weighted by Gasteiger charge is 2.24. The molecule has 0 unspecified atom stereocenters. The van der Waals surface area contributed by atoms with Gasteiger partial charge in [0.25, 0.3) is 0 Å². The van der Waals surface area contributed by atoms with Crippen LogP contribution in [0.1, 0.15) is 11.1 Å². The maximum Gasteiger partial charge on any atom is 0.160 e. The second kappa shape index (κ2) is 11.8. The Balaban J connectivity index is 1.19. The first kappa shape index (κ1) is 28.9. The number of fused-ring (bicyclic) bond motifs is 5. The van der Waals surface area contributed by atoms with Crippen molar-refractivity contribution in [2.24, 2.45) is 4.40 Å². The minimum atomic E-state index is 0.327. The van der Waals surface area contributed by atoms with Gasteiger partial charge in [0.1, 0.15) is 5.71 Å². The van der Waals surface area contributed by atoms with E-state index in [-0.39, 0.29) is 0 Å². The lowest BCUT2D eigenvalue weighted by atomic mass is 9.88. The molecule has 6 heteroatoms. The van der Waals surface area contributed by atoms with Crippen molar-refractivity contribution in [1.82, 2.24) is 15.0 Å². The predicted octanol–water partition coefficient (Wildman–Crippen LogP) is 10.7. The van der Waals surface area contributed by atoms with Crippen LogP contribution in [0.4, 0.5) is 0 Å². The Kier molecular flexibility index (Phi) is 6.95. The number of hydrogen-bond donors (Lipinski definition) is 2. The fourth-order valence-corrected chi connectivity index (χ4v) is 6.90. The van der Waals surface area contributed by atoms with Crippen LogP contribution in [0.15, 0.2) is 150 Å². The molecule has 0 amide bonds. The minimum absolute atomic E-state index is 0.327. The summed E-state index contributed by atoms with van der Waals surface area (Å²) in [5.74, 6) is 0.673. The van der Waals surface area contributed by atoms with Gasteiger partial charge in [-0.1, -0.05) is 115 Å².